The van der Waals surface area contributed by atoms with Gasteiger partial charge in [0.2, 0.25) is 0 Å². The van der Waals surface area contributed by atoms with Crippen LogP contribution in [0.1, 0.15) is 15.2 Å². The van der Waals surface area contributed by atoms with Gasteiger partial charge >= 0.3 is 5.97 Å². The number of phenolic OH excluding ortho intramolecular Hbond substituents is 1. The SMILES string of the molecule is COc1cc2sc(C(=O)O)c(Sc3ccc(O)cc3)c2cc1C. The van der Waals surface area contributed by atoms with Crippen molar-refractivity contribution >= 4 is 39.2 Å². The second-order valence-corrected chi connectivity index (χ2v) is 7.12. The summed E-state index contributed by atoms with van der Waals surface area (Å²) in [5.41, 5.74) is 0.960. The molecule has 0 amide bonds. The largest absolute Gasteiger partial charge is 0.508 e. The Morgan fingerprint density at radius 3 is 2.52 bits per heavy atom. The van der Waals surface area contributed by atoms with Gasteiger partial charge in [0.05, 0.1) is 7.11 Å². The van der Waals surface area contributed by atoms with Crippen LogP contribution in [0.5, 0.6) is 11.5 Å². The average Bonchev–Trinajstić information content (AvgIpc) is 2.86. The molecule has 0 fully saturated rings. The number of thiophene rings is 1. The molecule has 0 bridgehead atoms. The second-order valence-electron chi connectivity index (χ2n) is 4.98. The van der Waals surface area contributed by atoms with Gasteiger partial charge in [-0.2, -0.15) is 0 Å². The van der Waals surface area contributed by atoms with E-state index < -0.39 is 5.97 Å². The van der Waals surface area contributed by atoms with Gasteiger partial charge in [0, 0.05) is 19.9 Å². The van der Waals surface area contributed by atoms with E-state index in [9.17, 15) is 15.0 Å². The van der Waals surface area contributed by atoms with E-state index in [-0.39, 0.29) is 5.75 Å². The van der Waals surface area contributed by atoms with Crippen LogP contribution in [-0.4, -0.2) is 23.3 Å². The van der Waals surface area contributed by atoms with Crippen LogP contribution in [0.15, 0.2) is 46.2 Å². The van der Waals surface area contributed by atoms with Crippen LogP contribution in [-0.2, 0) is 0 Å². The maximum absolute atomic E-state index is 11.6. The van der Waals surface area contributed by atoms with E-state index in [4.69, 9.17) is 4.74 Å². The molecule has 1 aromatic heterocycles. The third-order valence-corrected chi connectivity index (χ3v) is 5.82. The summed E-state index contributed by atoms with van der Waals surface area (Å²) in [5, 5.41) is 19.8. The number of aromatic carboxylic acids is 1. The topological polar surface area (TPSA) is 66.8 Å². The van der Waals surface area contributed by atoms with Crippen molar-refractivity contribution in [2.24, 2.45) is 0 Å². The van der Waals surface area contributed by atoms with E-state index in [1.807, 2.05) is 19.1 Å². The highest BCUT2D eigenvalue weighted by Gasteiger charge is 2.20. The Morgan fingerprint density at radius 1 is 1.22 bits per heavy atom. The third-order valence-electron chi connectivity index (χ3n) is 3.41. The Kier molecular flexibility index (Phi) is 4.19. The number of aromatic hydroxyl groups is 1. The van der Waals surface area contributed by atoms with Gasteiger partial charge in [-0.3, -0.25) is 0 Å². The molecule has 0 unspecified atom stereocenters. The molecule has 118 valence electrons. The van der Waals surface area contributed by atoms with E-state index in [1.165, 1.54) is 23.1 Å². The fraction of sp³-hybridized carbons (Fsp3) is 0.118. The average molecular weight is 346 g/mol. The molecular weight excluding hydrogens is 332 g/mol. The minimum absolute atomic E-state index is 0.184. The monoisotopic (exact) mass is 346 g/mol. The quantitative estimate of drug-likeness (QED) is 0.712. The predicted molar refractivity (Wildman–Crippen MR) is 92.3 cm³/mol. The molecule has 0 aliphatic rings. The summed E-state index contributed by atoms with van der Waals surface area (Å²) in [7, 11) is 1.60. The molecule has 0 saturated heterocycles. The van der Waals surface area contributed by atoms with Gasteiger partial charge in [-0.1, -0.05) is 11.8 Å². The van der Waals surface area contributed by atoms with Gasteiger partial charge in [-0.25, -0.2) is 4.79 Å². The van der Waals surface area contributed by atoms with E-state index in [1.54, 1.807) is 31.4 Å². The first kappa shape index (κ1) is 15.7. The first-order chi connectivity index (χ1) is 11.0. The molecule has 3 aromatic rings. The van der Waals surface area contributed by atoms with E-state index in [0.29, 0.717) is 9.77 Å². The number of methoxy groups -OCH3 is 1. The van der Waals surface area contributed by atoms with Gasteiger partial charge in [-0.05, 0) is 48.9 Å². The summed E-state index contributed by atoms with van der Waals surface area (Å²) in [6.07, 6.45) is 0. The van der Waals surface area contributed by atoms with Crippen molar-refractivity contribution in [1.82, 2.24) is 0 Å². The molecule has 0 radical (unpaired) electrons. The predicted octanol–water partition coefficient (Wildman–Crippen LogP) is 4.77. The Bertz CT molecular complexity index is 882. The molecule has 6 heteroatoms. The van der Waals surface area contributed by atoms with Crippen LogP contribution in [0, 0.1) is 6.92 Å². The van der Waals surface area contributed by atoms with Gasteiger partial charge in [0.15, 0.2) is 0 Å². The number of carboxylic acid groups (broad SMARTS) is 1. The zero-order valence-corrected chi connectivity index (χ0v) is 14.1. The number of ether oxygens (including phenoxy) is 1. The zero-order chi connectivity index (χ0) is 16.6. The highest BCUT2D eigenvalue weighted by atomic mass is 32.2. The summed E-state index contributed by atoms with van der Waals surface area (Å²) in [5.74, 6) is -0.00969. The highest BCUT2D eigenvalue weighted by Crippen LogP contribution is 2.43. The fourth-order valence-corrected chi connectivity index (χ4v) is 4.53. The standard InChI is InChI=1S/C17H14O4S2/c1-9-7-12-14(8-13(9)21-2)23-16(17(19)20)15(12)22-11-5-3-10(18)4-6-11/h3-8,18H,1-2H3,(H,19,20). The summed E-state index contributed by atoms with van der Waals surface area (Å²) in [6, 6.07) is 10.6. The Hall–Kier alpha value is -2.18. The third kappa shape index (κ3) is 3.00. The van der Waals surface area contributed by atoms with Crippen molar-refractivity contribution in [2.45, 2.75) is 16.7 Å². The number of carboxylic acids is 1. The van der Waals surface area contributed by atoms with Gasteiger partial charge in [0.1, 0.15) is 16.4 Å². The van der Waals surface area contributed by atoms with E-state index in [0.717, 1.165) is 26.3 Å². The molecule has 0 saturated carbocycles. The van der Waals surface area contributed by atoms with Crippen molar-refractivity contribution in [3.8, 4) is 11.5 Å². The summed E-state index contributed by atoms with van der Waals surface area (Å²) in [4.78, 5) is 13.5. The molecular formula is C17H14O4S2. The van der Waals surface area contributed by atoms with E-state index >= 15 is 0 Å². The maximum Gasteiger partial charge on any atom is 0.347 e. The lowest BCUT2D eigenvalue weighted by Gasteiger charge is -2.06. The zero-order valence-electron chi connectivity index (χ0n) is 12.5. The number of rotatable bonds is 4. The van der Waals surface area contributed by atoms with Crippen LogP contribution >= 0.6 is 23.1 Å². The molecule has 0 spiro atoms. The minimum Gasteiger partial charge on any atom is -0.508 e. The smallest absolute Gasteiger partial charge is 0.347 e. The lowest BCUT2D eigenvalue weighted by atomic mass is 10.1. The van der Waals surface area contributed by atoms with Crippen molar-refractivity contribution in [3.05, 3.63) is 46.8 Å². The molecule has 0 aliphatic heterocycles. The van der Waals surface area contributed by atoms with Gasteiger partial charge in [-0.15, -0.1) is 11.3 Å². The van der Waals surface area contributed by atoms with Crippen molar-refractivity contribution in [1.29, 1.82) is 0 Å². The lowest BCUT2D eigenvalue weighted by Crippen LogP contribution is -1.93. The van der Waals surface area contributed by atoms with Crippen molar-refractivity contribution in [3.63, 3.8) is 0 Å². The number of aryl methyl sites for hydroxylation is 1. The molecule has 1 heterocycles. The number of hydrogen-bond acceptors (Lipinski definition) is 5. The summed E-state index contributed by atoms with van der Waals surface area (Å²) >= 11 is 2.63. The molecule has 0 atom stereocenters. The van der Waals surface area contributed by atoms with Crippen molar-refractivity contribution < 1.29 is 19.7 Å². The van der Waals surface area contributed by atoms with Crippen LogP contribution < -0.4 is 4.74 Å². The second kappa shape index (κ2) is 6.14. The van der Waals surface area contributed by atoms with Gasteiger partial charge < -0.3 is 14.9 Å². The number of phenols is 1. The molecule has 3 rings (SSSR count). The fourth-order valence-electron chi connectivity index (χ4n) is 2.30. The minimum atomic E-state index is -0.941. The Balaban J connectivity index is 2.16. The molecule has 4 nitrogen and oxygen atoms in total. The van der Waals surface area contributed by atoms with Crippen LogP contribution in [0.25, 0.3) is 10.1 Å². The number of carbonyl (C=O) groups is 1. The molecule has 0 aliphatic carbocycles. The number of benzene rings is 2. The molecule has 23 heavy (non-hydrogen) atoms. The van der Waals surface area contributed by atoms with Gasteiger partial charge in [0.25, 0.3) is 0 Å². The van der Waals surface area contributed by atoms with Crippen LogP contribution in [0.3, 0.4) is 0 Å². The summed E-state index contributed by atoms with van der Waals surface area (Å²) in [6.45, 7) is 1.94. The molecule has 2 aromatic carbocycles. The number of hydrogen-bond donors (Lipinski definition) is 2. The first-order valence-corrected chi connectivity index (χ1v) is 8.44. The van der Waals surface area contributed by atoms with Crippen LogP contribution in [0.2, 0.25) is 0 Å². The maximum atomic E-state index is 11.6. The summed E-state index contributed by atoms with van der Waals surface area (Å²) < 4.78 is 6.20. The first-order valence-electron chi connectivity index (χ1n) is 6.81. The highest BCUT2D eigenvalue weighted by molar-refractivity contribution is 7.99. The lowest BCUT2D eigenvalue weighted by molar-refractivity contribution is 0.0699. The molecule has 2 N–H and O–H groups in total. The van der Waals surface area contributed by atoms with E-state index in [2.05, 4.69) is 0 Å². The normalized spacial score (nSPS) is 10.9. The Morgan fingerprint density at radius 2 is 1.91 bits per heavy atom. The number of fused-ring (bicyclic) bond motifs is 1. The van der Waals surface area contributed by atoms with Crippen molar-refractivity contribution in [2.75, 3.05) is 7.11 Å². The van der Waals surface area contributed by atoms with Crippen LogP contribution in [0.4, 0.5) is 0 Å². The Labute approximate surface area is 141 Å².